The minimum atomic E-state index is 0.0911. The normalized spacial score (nSPS) is 26.2. The molecule has 1 aromatic rings. The van der Waals surface area contributed by atoms with Gasteiger partial charge in [0.05, 0.1) is 5.69 Å². The molecule has 14 heavy (non-hydrogen) atoms. The molecule has 76 valence electrons. The van der Waals surface area contributed by atoms with Crippen LogP contribution in [0.5, 0.6) is 0 Å². The van der Waals surface area contributed by atoms with Crippen LogP contribution in [0.2, 0.25) is 0 Å². The number of nitrogens with two attached hydrogens (primary N) is 1. The van der Waals surface area contributed by atoms with E-state index in [1.54, 1.807) is 0 Å². The maximum atomic E-state index is 6.33. The lowest BCUT2D eigenvalue weighted by atomic mass is 9.90. The van der Waals surface area contributed by atoms with Crippen molar-refractivity contribution in [3.8, 4) is 0 Å². The van der Waals surface area contributed by atoms with Gasteiger partial charge < -0.3 is 5.73 Å². The Morgan fingerprint density at radius 1 is 1.36 bits per heavy atom. The fourth-order valence-corrected chi connectivity index (χ4v) is 2.54. The third kappa shape index (κ3) is 0.883. The highest BCUT2D eigenvalue weighted by Crippen LogP contribution is 2.63. The van der Waals surface area contributed by atoms with E-state index in [0.29, 0.717) is 0 Å². The van der Waals surface area contributed by atoms with E-state index < -0.39 is 0 Å². The molecule has 0 aliphatic heterocycles. The molecule has 1 aromatic heterocycles. The zero-order valence-electron chi connectivity index (χ0n) is 8.88. The van der Waals surface area contributed by atoms with Crippen molar-refractivity contribution in [2.24, 2.45) is 12.8 Å². The predicted molar refractivity (Wildman–Crippen MR) is 55.0 cm³/mol. The summed E-state index contributed by atoms with van der Waals surface area (Å²) in [6, 6.07) is 2.21. The summed E-state index contributed by atoms with van der Waals surface area (Å²) >= 11 is 0. The van der Waals surface area contributed by atoms with Crippen LogP contribution >= 0.6 is 0 Å². The van der Waals surface area contributed by atoms with Gasteiger partial charge in [-0.1, -0.05) is 0 Å². The van der Waals surface area contributed by atoms with Gasteiger partial charge in [0.15, 0.2) is 0 Å². The second-order valence-electron chi connectivity index (χ2n) is 5.03. The molecule has 0 bridgehead atoms. The van der Waals surface area contributed by atoms with Gasteiger partial charge in [-0.15, -0.1) is 0 Å². The molecular weight excluding hydrogens is 174 g/mol. The van der Waals surface area contributed by atoms with Crippen LogP contribution in [0.15, 0.2) is 6.07 Å². The number of nitrogens with zero attached hydrogens (tertiary/aromatic N) is 2. The number of aryl methyl sites for hydroxylation is 2. The first-order valence-electron chi connectivity index (χ1n) is 5.37. The molecule has 3 heteroatoms. The van der Waals surface area contributed by atoms with Crippen LogP contribution in [0.4, 0.5) is 0 Å². The van der Waals surface area contributed by atoms with Gasteiger partial charge in [-0.2, -0.15) is 5.10 Å². The van der Waals surface area contributed by atoms with Gasteiger partial charge in [0.2, 0.25) is 0 Å². The Balaban J connectivity index is 2.02. The van der Waals surface area contributed by atoms with E-state index in [1.807, 2.05) is 11.7 Å². The second kappa shape index (κ2) is 2.22. The topological polar surface area (TPSA) is 43.8 Å². The van der Waals surface area contributed by atoms with Crippen LogP contribution in [0, 0.1) is 6.92 Å². The molecule has 2 aliphatic rings. The number of aromatic nitrogens is 2. The molecule has 0 spiro atoms. The smallest absolute Gasteiger partial charge is 0.0707 e. The number of hydrogen-bond acceptors (Lipinski definition) is 2. The highest BCUT2D eigenvalue weighted by atomic mass is 15.3. The zero-order chi connectivity index (χ0) is 9.97. The molecule has 3 rings (SSSR count). The molecule has 0 unspecified atom stereocenters. The number of hydrogen-bond donors (Lipinski definition) is 1. The maximum Gasteiger partial charge on any atom is 0.0707 e. The van der Waals surface area contributed by atoms with E-state index in [2.05, 4.69) is 18.1 Å². The van der Waals surface area contributed by atoms with Crippen LogP contribution < -0.4 is 5.73 Å². The van der Waals surface area contributed by atoms with Gasteiger partial charge in [-0.3, -0.25) is 4.68 Å². The fraction of sp³-hybridized carbons (Fsp3) is 0.727. The van der Waals surface area contributed by atoms with E-state index >= 15 is 0 Å². The third-order valence-corrected chi connectivity index (χ3v) is 4.10. The minimum absolute atomic E-state index is 0.0911. The van der Waals surface area contributed by atoms with Gasteiger partial charge in [0.25, 0.3) is 0 Å². The summed E-state index contributed by atoms with van der Waals surface area (Å²) in [5, 5.41) is 4.59. The zero-order valence-corrected chi connectivity index (χ0v) is 8.88. The highest BCUT2D eigenvalue weighted by Gasteiger charge is 2.65. The van der Waals surface area contributed by atoms with E-state index in [4.69, 9.17) is 5.73 Å². The van der Waals surface area contributed by atoms with Crippen molar-refractivity contribution < 1.29 is 0 Å². The lowest BCUT2D eigenvalue weighted by Gasteiger charge is -2.20. The molecule has 0 atom stereocenters. The van der Waals surface area contributed by atoms with Crippen molar-refractivity contribution in [1.82, 2.24) is 9.78 Å². The van der Waals surface area contributed by atoms with Gasteiger partial charge in [-0.25, -0.2) is 0 Å². The Morgan fingerprint density at radius 2 is 2.00 bits per heavy atom. The first-order chi connectivity index (χ1) is 6.57. The van der Waals surface area contributed by atoms with Gasteiger partial charge >= 0.3 is 0 Å². The molecule has 0 saturated heterocycles. The van der Waals surface area contributed by atoms with Crippen molar-refractivity contribution >= 4 is 0 Å². The first kappa shape index (κ1) is 8.48. The van der Waals surface area contributed by atoms with Crippen molar-refractivity contribution in [2.75, 3.05) is 0 Å². The van der Waals surface area contributed by atoms with Crippen molar-refractivity contribution in [1.29, 1.82) is 0 Å². The Hall–Kier alpha value is -0.830. The van der Waals surface area contributed by atoms with Crippen LogP contribution in [0.1, 0.15) is 37.1 Å². The largest absolute Gasteiger partial charge is 0.324 e. The summed E-state index contributed by atoms with van der Waals surface area (Å²) in [6.45, 7) is 2.10. The van der Waals surface area contributed by atoms with Crippen LogP contribution in [-0.4, -0.2) is 15.3 Å². The molecule has 2 N–H and O–H groups in total. The average molecular weight is 191 g/mol. The minimum Gasteiger partial charge on any atom is -0.324 e. The van der Waals surface area contributed by atoms with E-state index in [-0.39, 0.29) is 11.0 Å². The Morgan fingerprint density at radius 3 is 2.36 bits per heavy atom. The third-order valence-electron chi connectivity index (χ3n) is 4.10. The molecule has 0 amide bonds. The molecule has 3 nitrogen and oxygen atoms in total. The molecule has 2 saturated carbocycles. The summed E-state index contributed by atoms with van der Waals surface area (Å²) < 4.78 is 1.96. The SMILES string of the molecule is Cc1cc(C2(C3(N)CC3)CC2)nn1C. The Bertz CT molecular complexity index is 364. The van der Waals surface area contributed by atoms with Crippen molar-refractivity contribution in [3.05, 3.63) is 17.5 Å². The van der Waals surface area contributed by atoms with E-state index in [1.165, 1.54) is 37.1 Å². The number of rotatable bonds is 2. The summed E-state index contributed by atoms with van der Waals surface area (Å²) in [5.41, 5.74) is 9.13. The van der Waals surface area contributed by atoms with Gasteiger partial charge in [0, 0.05) is 23.7 Å². The summed E-state index contributed by atoms with van der Waals surface area (Å²) in [4.78, 5) is 0. The fourth-order valence-electron chi connectivity index (χ4n) is 2.54. The molecule has 2 fully saturated rings. The standard InChI is InChI=1S/C11H17N3/c1-8-7-9(13-14(8)2)10(3-4-10)11(12)5-6-11/h7H,3-6,12H2,1-2H3. The van der Waals surface area contributed by atoms with Gasteiger partial charge in [-0.05, 0) is 38.7 Å². The van der Waals surface area contributed by atoms with E-state index in [0.717, 1.165) is 0 Å². The van der Waals surface area contributed by atoms with Gasteiger partial charge in [0.1, 0.15) is 0 Å². The molecule has 2 aliphatic carbocycles. The first-order valence-corrected chi connectivity index (χ1v) is 5.37. The Kier molecular flexibility index (Phi) is 1.34. The highest BCUT2D eigenvalue weighted by molar-refractivity contribution is 5.37. The lowest BCUT2D eigenvalue weighted by molar-refractivity contribution is 0.484. The molecule has 0 aromatic carbocycles. The second-order valence-corrected chi connectivity index (χ2v) is 5.03. The van der Waals surface area contributed by atoms with Crippen molar-refractivity contribution in [2.45, 2.75) is 43.6 Å². The molecule has 0 radical (unpaired) electrons. The van der Waals surface area contributed by atoms with E-state index in [9.17, 15) is 0 Å². The lowest BCUT2D eigenvalue weighted by Crippen LogP contribution is -2.37. The van der Waals surface area contributed by atoms with Crippen LogP contribution in [-0.2, 0) is 12.5 Å². The van der Waals surface area contributed by atoms with Crippen LogP contribution in [0.25, 0.3) is 0 Å². The average Bonchev–Trinajstić information content (AvgIpc) is 2.99. The summed E-state index contributed by atoms with van der Waals surface area (Å²) in [7, 11) is 2.00. The summed E-state index contributed by atoms with van der Waals surface area (Å²) in [5.74, 6) is 0. The molecular formula is C11H17N3. The summed E-state index contributed by atoms with van der Waals surface area (Å²) in [6.07, 6.45) is 4.84. The monoisotopic (exact) mass is 191 g/mol. The molecule has 1 heterocycles. The maximum absolute atomic E-state index is 6.33. The quantitative estimate of drug-likeness (QED) is 0.764. The Labute approximate surface area is 84.3 Å². The van der Waals surface area contributed by atoms with Crippen molar-refractivity contribution in [3.63, 3.8) is 0 Å². The predicted octanol–water partition coefficient (Wildman–Crippen LogP) is 1.25. The van der Waals surface area contributed by atoms with Crippen LogP contribution in [0.3, 0.4) is 0 Å².